The molecule has 0 spiro atoms. The molecule has 0 radical (unpaired) electrons. The van der Waals surface area contributed by atoms with Crippen molar-refractivity contribution in [2.75, 3.05) is 13.2 Å². The molecule has 82 valence electrons. The maximum atomic E-state index is 13.0. The van der Waals surface area contributed by atoms with E-state index in [1.54, 1.807) is 12.1 Å². The summed E-state index contributed by atoms with van der Waals surface area (Å²) in [7, 11) is 0. The summed E-state index contributed by atoms with van der Waals surface area (Å²) < 4.78 is 18.3. The van der Waals surface area contributed by atoms with Crippen molar-refractivity contribution in [1.29, 1.82) is 0 Å². The summed E-state index contributed by atoms with van der Waals surface area (Å²) in [5.41, 5.74) is 1.05. The van der Waals surface area contributed by atoms with Crippen LogP contribution in [0.5, 0.6) is 0 Å². The Morgan fingerprint density at radius 3 is 3.07 bits per heavy atom. The molecule has 1 aliphatic rings. The second-order valence-electron chi connectivity index (χ2n) is 3.97. The first-order chi connectivity index (χ1) is 7.25. The van der Waals surface area contributed by atoms with Crippen molar-refractivity contribution in [2.45, 2.75) is 17.7 Å². The molecule has 0 amide bonds. The van der Waals surface area contributed by atoms with Gasteiger partial charge in [-0.15, -0.1) is 0 Å². The molecule has 0 N–H and O–H groups in total. The predicted molar refractivity (Wildman–Crippen MR) is 61.7 cm³/mol. The molecule has 1 aromatic rings. The van der Waals surface area contributed by atoms with Gasteiger partial charge >= 0.3 is 0 Å². The highest BCUT2D eigenvalue weighted by molar-refractivity contribution is 9.09. The van der Waals surface area contributed by atoms with Crippen LogP contribution in [-0.2, 0) is 11.2 Å². The minimum atomic E-state index is -0.158. The molecular weight excluding hydrogens is 259 g/mol. The Kier molecular flexibility index (Phi) is 3.76. The van der Waals surface area contributed by atoms with Gasteiger partial charge in [-0.3, -0.25) is 0 Å². The fraction of sp³-hybridized carbons (Fsp3) is 0.500. The number of hydrogen-bond donors (Lipinski definition) is 0. The van der Waals surface area contributed by atoms with E-state index in [-0.39, 0.29) is 5.82 Å². The first kappa shape index (κ1) is 11.1. The smallest absolute Gasteiger partial charge is 0.123 e. The van der Waals surface area contributed by atoms with Gasteiger partial charge in [0.2, 0.25) is 0 Å². The van der Waals surface area contributed by atoms with E-state index >= 15 is 0 Å². The average Bonchev–Trinajstić information content (AvgIpc) is 2.70. The van der Waals surface area contributed by atoms with Gasteiger partial charge in [0.15, 0.2) is 0 Å². The fourth-order valence-electron chi connectivity index (χ4n) is 1.89. The molecule has 0 aromatic heterocycles. The number of alkyl halides is 1. The van der Waals surface area contributed by atoms with Crippen LogP contribution in [-0.4, -0.2) is 18.0 Å². The van der Waals surface area contributed by atoms with Gasteiger partial charge < -0.3 is 4.74 Å². The third-order valence-electron chi connectivity index (χ3n) is 2.80. The molecule has 2 rings (SSSR count). The van der Waals surface area contributed by atoms with Crippen LogP contribution in [0.1, 0.15) is 12.0 Å². The Morgan fingerprint density at radius 1 is 1.53 bits per heavy atom. The molecule has 1 aromatic carbocycles. The zero-order valence-electron chi connectivity index (χ0n) is 8.46. The maximum Gasteiger partial charge on any atom is 0.123 e. The van der Waals surface area contributed by atoms with Gasteiger partial charge in [0, 0.05) is 11.4 Å². The number of halogens is 2. The van der Waals surface area contributed by atoms with Crippen molar-refractivity contribution in [3.8, 4) is 0 Å². The molecule has 2 atom stereocenters. The van der Waals surface area contributed by atoms with Gasteiger partial charge in [-0.1, -0.05) is 28.1 Å². The van der Waals surface area contributed by atoms with Crippen molar-refractivity contribution < 1.29 is 9.13 Å². The zero-order valence-corrected chi connectivity index (χ0v) is 10.0. The van der Waals surface area contributed by atoms with Crippen molar-refractivity contribution in [1.82, 2.24) is 0 Å². The number of rotatable bonds is 3. The topological polar surface area (TPSA) is 9.23 Å². The van der Waals surface area contributed by atoms with Crippen LogP contribution in [0.2, 0.25) is 0 Å². The van der Waals surface area contributed by atoms with E-state index in [0.29, 0.717) is 10.7 Å². The molecule has 0 saturated carbocycles. The first-order valence-corrected chi connectivity index (χ1v) is 6.13. The Balaban J connectivity index is 1.95. The van der Waals surface area contributed by atoms with Crippen LogP contribution in [0.4, 0.5) is 4.39 Å². The van der Waals surface area contributed by atoms with Crippen LogP contribution >= 0.6 is 15.9 Å². The van der Waals surface area contributed by atoms with E-state index in [0.717, 1.165) is 31.6 Å². The molecule has 0 aliphatic carbocycles. The largest absolute Gasteiger partial charge is 0.381 e. The van der Waals surface area contributed by atoms with E-state index in [1.165, 1.54) is 6.07 Å². The van der Waals surface area contributed by atoms with E-state index in [1.807, 2.05) is 6.07 Å². The second-order valence-corrected chi connectivity index (χ2v) is 5.15. The monoisotopic (exact) mass is 272 g/mol. The highest BCUT2D eigenvalue weighted by Crippen LogP contribution is 2.25. The lowest BCUT2D eigenvalue weighted by Gasteiger charge is -2.15. The fourth-order valence-corrected chi connectivity index (χ4v) is 2.68. The minimum absolute atomic E-state index is 0.158. The Hall–Kier alpha value is -0.410. The SMILES string of the molecule is Fc1cccc(CC(Br)C2CCOC2)c1. The van der Waals surface area contributed by atoms with Crippen LogP contribution in [0, 0.1) is 11.7 Å². The normalized spacial score (nSPS) is 22.9. The number of ether oxygens (including phenoxy) is 1. The lowest BCUT2D eigenvalue weighted by atomic mass is 9.99. The minimum Gasteiger partial charge on any atom is -0.381 e. The Labute approximate surface area is 97.8 Å². The summed E-state index contributed by atoms with van der Waals surface area (Å²) in [5.74, 6) is 0.406. The number of benzene rings is 1. The molecular formula is C12H14BrFO. The predicted octanol–water partition coefficient (Wildman–Crippen LogP) is 3.17. The standard InChI is InChI=1S/C12H14BrFO/c13-12(10-4-5-15-8-10)7-9-2-1-3-11(14)6-9/h1-3,6,10,12H,4-5,7-8H2. The van der Waals surface area contributed by atoms with E-state index in [2.05, 4.69) is 15.9 Å². The summed E-state index contributed by atoms with van der Waals surface area (Å²) in [6.45, 7) is 1.68. The maximum absolute atomic E-state index is 13.0. The summed E-state index contributed by atoms with van der Waals surface area (Å²) in [6.07, 6.45) is 1.97. The summed E-state index contributed by atoms with van der Waals surface area (Å²) in [4.78, 5) is 0.391. The van der Waals surface area contributed by atoms with E-state index in [4.69, 9.17) is 4.74 Å². The zero-order chi connectivity index (χ0) is 10.7. The summed E-state index contributed by atoms with van der Waals surface area (Å²) >= 11 is 3.66. The highest BCUT2D eigenvalue weighted by Gasteiger charge is 2.23. The lowest BCUT2D eigenvalue weighted by Crippen LogP contribution is -2.17. The second kappa shape index (κ2) is 5.08. The molecule has 2 unspecified atom stereocenters. The van der Waals surface area contributed by atoms with Gasteiger partial charge in [-0.25, -0.2) is 4.39 Å². The van der Waals surface area contributed by atoms with Crippen molar-refractivity contribution in [3.05, 3.63) is 35.6 Å². The quantitative estimate of drug-likeness (QED) is 0.769. The summed E-state index contributed by atoms with van der Waals surface area (Å²) in [6, 6.07) is 6.80. The van der Waals surface area contributed by atoms with Gasteiger partial charge in [-0.2, -0.15) is 0 Å². The Bertz CT molecular complexity index is 323. The highest BCUT2D eigenvalue weighted by atomic mass is 79.9. The van der Waals surface area contributed by atoms with Crippen molar-refractivity contribution >= 4 is 15.9 Å². The van der Waals surface area contributed by atoms with Gasteiger partial charge in [-0.05, 0) is 36.5 Å². The molecule has 3 heteroatoms. The van der Waals surface area contributed by atoms with Crippen LogP contribution in [0.25, 0.3) is 0 Å². The Morgan fingerprint density at radius 2 is 2.40 bits per heavy atom. The number of hydrogen-bond acceptors (Lipinski definition) is 1. The van der Waals surface area contributed by atoms with E-state index < -0.39 is 0 Å². The molecule has 1 nitrogen and oxygen atoms in total. The van der Waals surface area contributed by atoms with Crippen molar-refractivity contribution in [2.24, 2.45) is 5.92 Å². The molecule has 1 fully saturated rings. The van der Waals surface area contributed by atoms with Gasteiger partial charge in [0.25, 0.3) is 0 Å². The van der Waals surface area contributed by atoms with E-state index in [9.17, 15) is 4.39 Å². The van der Waals surface area contributed by atoms with Crippen LogP contribution < -0.4 is 0 Å². The third kappa shape index (κ3) is 3.02. The molecule has 1 heterocycles. The van der Waals surface area contributed by atoms with Gasteiger partial charge in [0.05, 0.1) is 6.61 Å². The first-order valence-electron chi connectivity index (χ1n) is 5.22. The third-order valence-corrected chi connectivity index (χ3v) is 3.87. The van der Waals surface area contributed by atoms with Gasteiger partial charge in [0.1, 0.15) is 5.82 Å². The average molecular weight is 273 g/mol. The molecule has 15 heavy (non-hydrogen) atoms. The summed E-state index contributed by atoms with van der Waals surface area (Å²) in [5, 5.41) is 0. The molecule has 0 bridgehead atoms. The lowest BCUT2D eigenvalue weighted by molar-refractivity contribution is 0.185. The molecule has 1 aliphatic heterocycles. The van der Waals surface area contributed by atoms with Crippen molar-refractivity contribution in [3.63, 3.8) is 0 Å². The van der Waals surface area contributed by atoms with Crippen LogP contribution in [0.15, 0.2) is 24.3 Å². The van der Waals surface area contributed by atoms with Crippen LogP contribution in [0.3, 0.4) is 0 Å². The molecule has 1 saturated heterocycles.